The highest BCUT2D eigenvalue weighted by Gasteiger charge is 2.24. The number of fused-ring (bicyclic) bond motifs is 1. The SMILES string of the molecule is Cc1nc2c(OCc3c(F)cccc3F)cccn2c1C(=O)CC(C)[C@@H](C)CC(=O)OCc1ccccc1. The van der Waals surface area contributed by atoms with E-state index < -0.39 is 11.6 Å². The maximum Gasteiger partial charge on any atom is 0.306 e. The third kappa shape index (κ3) is 6.25. The van der Waals surface area contributed by atoms with Gasteiger partial charge in [-0.25, -0.2) is 13.8 Å². The zero-order valence-corrected chi connectivity index (χ0v) is 21.6. The second-order valence-corrected chi connectivity index (χ2v) is 9.53. The van der Waals surface area contributed by atoms with E-state index in [4.69, 9.17) is 9.47 Å². The summed E-state index contributed by atoms with van der Waals surface area (Å²) in [6, 6.07) is 16.4. The van der Waals surface area contributed by atoms with E-state index in [9.17, 15) is 18.4 Å². The van der Waals surface area contributed by atoms with Gasteiger partial charge in [0.15, 0.2) is 17.2 Å². The van der Waals surface area contributed by atoms with Gasteiger partial charge in [-0.2, -0.15) is 0 Å². The Kier molecular flexibility index (Phi) is 8.51. The van der Waals surface area contributed by atoms with Gasteiger partial charge < -0.3 is 9.47 Å². The molecular weight excluding hydrogens is 490 g/mol. The number of imidazole rings is 1. The first-order valence-corrected chi connectivity index (χ1v) is 12.5. The van der Waals surface area contributed by atoms with E-state index in [2.05, 4.69) is 4.98 Å². The molecular formula is C30H30F2N2O4. The van der Waals surface area contributed by atoms with Crippen LogP contribution in [0.1, 0.15) is 54.0 Å². The van der Waals surface area contributed by atoms with Crippen molar-refractivity contribution in [3.8, 4) is 5.75 Å². The summed E-state index contributed by atoms with van der Waals surface area (Å²) in [7, 11) is 0. The van der Waals surface area contributed by atoms with Crippen molar-refractivity contribution in [2.45, 2.75) is 46.8 Å². The highest BCUT2D eigenvalue weighted by molar-refractivity contribution is 5.97. The van der Waals surface area contributed by atoms with E-state index in [0.717, 1.165) is 5.56 Å². The van der Waals surface area contributed by atoms with Crippen molar-refractivity contribution >= 4 is 17.4 Å². The number of rotatable bonds is 11. The first-order valence-electron chi connectivity index (χ1n) is 12.5. The van der Waals surface area contributed by atoms with Gasteiger partial charge in [0.05, 0.1) is 11.3 Å². The summed E-state index contributed by atoms with van der Waals surface area (Å²) >= 11 is 0. The zero-order chi connectivity index (χ0) is 27.2. The normalized spacial score (nSPS) is 12.8. The van der Waals surface area contributed by atoms with Crippen LogP contribution in [0.25, 0.3) is 5.65 Å². The molecule has 0 saturated carbocycles. The maximum atomic E-state index is 14.0. The summed E-state index contributed by atoms with van der Waals surface area (Å²) in [5, 5.41) is 0. The molecule has 1 unspecified atom stereocenters. The number of halogens is 2. The molecule has 0 aliphatic carbocycles. The summed E-state index contributed by atoms with van der Waals surface area (Å²) in [5.74, 6) is -1.67. The molecule has 2 heterocycles. The van der Waals surface area contributed by atoms with Crippen LogP contribution in [0.5, 0.6) is 5.75 Å². The largest absolute Gasteiger partial charge is 0.485 e. The topological polar surface area (TPSA) is 69.9 Å². The molecule has 0 spiro atoms. The Bertz CT molecular complexity index is 1410. The smallest absolute Gasteiger partial charge is 0.306 e. The highest BCUT2D eigenvalue weighted by Crippen LogP contribution is 2.27. The number of Topliss-reactive ketones (excluding diaryl/α,β-unsaturated/α-hetero) is 1. The lowest BCUT2D eigenvalue weighted by Crippen LogP contribution is -2.19. The second-order valence-electron chi connectivity index (χ2n) is 9.53. The van der Waals surface area contributed by atoms with Gasteiger partial charge >= 0.3 is 5.97 Å². The van der Waals surface area contributed by atoms with Crippen molar-refractivity contribution in [1.29, 1.82) is 0 Å². The van der Waals surface area contributed by atoms with Gasteiger partial charge in [-0.15, -0.1) is 0 Å². The third-order valence-corrected chi connectivity index (χ3v) is 6.70. The number of hydrogen-bond acceptors (Lipinski definition) is 5. The standard InChI is InChI=1S/C30H30F2N2O4/c1-19(20(2)16-28(36)38-17-22-9-5-4-6-10-22)15-26(35)29-21(3)33-30-27(13-8-14-34(29)30)37-18-23-24(31)11-7-12-25(23)32/h4-14,19-20H,15-18H2,1-3H3/t19?,20-/m0/s1. The summed E-state index contributed by atoms with van der Waals surface area (Å²) in [5.41, 5.74) is 2.05. The highest BCUT2D eigenvalue weighted by atomic mass is 19.1. The average Bonchev–Trinajstić information content (AvgIpc) is 3.24. The molecule has 2 atom stereocenters. The molecule has 4 aromatic rings. The number of carbonyl (C=O) groups is 2. The number of benzene rings is 2. The second kappa shape index (κ2) is 12.0. The average molecular weight is 521 g/mol. The van der Waals surface area contributed by atoms with Crippen LogP contribution in [0.4, 0.5) is 8.78 Å². The number of esters is 1. The number of aryl methyl sites for hydroxylation is 1. The predicted molar refractivity (Wildman–Crippen MR) is 139 cm³/mol. The first-order chi connectivity index (χ1) is 18.2. The third-order valence-electron chi connectivity index (χ3n) is 6.70. The van der Waals surface area contributed by atoms with Gasteiger partial charge in [-0.05, 0) is 48.6 Å². The van der Waals surface area contributed by atoms with Crippen molar-refractivity contribution in [2.75, 3.05) is 0 Å². The summed E-state index contributed by atoms with van der Waals surface area (Å²) in [4.78, 5) is 30.2. The number of aromatic nitrogens is 2. The molecule has 6 nitrogen and oxygen atoms in total. The molecule has 198 valence electrons. The van der Waals surface area contributed by atoms with Crippen molar-refractivity contribution in [3.63, 3.8) is 0 Å². The Hall–Kier alpha value is -4.07. The number of ketones is 1. The fourth-order valence-electron chi connectivity index (χ4n) is 4.28. The Morgan fingerprint density at radius 1 is 0.895 bits per heavy atom. The van der Waals surface area contributed by atoms with Gasteiger partial charge in [0, 0.05) is 19.0 Å². The van der Waals surface area contributed by atoms with Gasteiger partial charge in [-0.1, -0.05) is 50.2 Å². The Balaban J connectivity index is 1.41. The van der Waals surface area contributed by atoms with Gasteiger partial charge in [0.2, 0.25) is 0 Å². The Labute approximate surface area is 220 Å². The molecule has 2 aromatic carbocycles. The molecule has 38 heavy (non-hydrogen) atoms. The lowest BCUT2D eigenvalue weighted by molar-refractivity contribution is -0.146. The Morgan fingerprint density at radius 2 is 1.58 bits per heavy atom. The fourth-order valence-corrected chi connectivity index (χ4v) is 4.28. The van der Waals surface area contributed by atoms with E-state index in [1.807, 2.05) is 44.2 Å². The van der Waals surface area contributed by atoms with Crippen molar-refractivity contribution in [2.24, 2.45) is 11.8 Å². The number of pyridine rings is 1. The van der Waals surface area contributed by atoms with Crippen molar-refractivity contribution in [3.05, 3.63) is 101 Å². The molecule has 0 amide bonds. The van der Waals surface area contributed by atoms with Crippen molar-refractivity contribution < 1.29 is 27.8 Å². The van der Waals surface area contributed by atoms with Crippen LogP contribution in [-0.4, -0.2) is 21.1 Å². The molecule has 0 radical (unpaired) electrons. The molecule has 0 N–H and O–H groups in total. The van der Waals surface area contributed by atoms with Gasteiger partial charge in [0.25, 0.3) is 0 Å². The van der Waals surface area contributed by atoms with Crippen LogP contribution >= 0.6 is 0 Å². The molecule has 2 aromatic heterocycles. The first kappa shape index (κ1) is 27.0. The lowest BCUT2D eigenvalue weighted by atomic mass is 9.88. The monoisotopic (exact) mass is 520 g/mol. The van der Waals surface area contributed by atoms with Crippen LogP contribution in [0, 0.1) is 30.4 Å². The van der Waals surface area contributed by atoms with E-state index in [0.29, 0.717) is 22.8 Å². The number of hydrogen-bond donors (Lipinski definition) is 0. The molecule has 8 heteroatoms. The maximum absolute atomic E-state index is 14.0. The number of nitrogens with zero attached hydrogens (tertiary/aromatic N) is 2. The molecule has 0 saturated heterocycles. The predicted octanol–water partition coefficient (Wildman–Crippen LogP) is 6.48. The van der Waals surface area contributed by atoms with Crippen LogP contribution in [0.2, 0.25) is 0 Å². The van der Waals surface area contributed by atoms with Crippen molar-refractivity contribution in [1.82, 2.24) is 9.38 Å². The summed E-state index contributed by atoms with van der Waals surface area (Å²) in [6.07, 6.45) is 2.12. The van der Waals surface area contributed by atoms with E-state index in [1.54, 1.807) is 29.7 Å². The van der Waals surface area contributed by atoms with Gasteiger partial charge in [0.1, 0.15) is 30.5 Å². The molecule has 0 bridgehead atoms. The van der Waals surface area contributed by atoms with Crippen LogP contribution in [0.15, 0.2) is 66.9 Å². The summed E-state index contributed by atoms with van der Waals surface area (Å²) in [6.45, 7) is 5.49. The molecule has 0 fully saturated rings. The molecule has 4 rings (SSSR count). The van der Waals surface area contributed by atoms with E-state index in [1.165, 1.54) is 18.2 Å². The lowest BCUT2D eigenvalue weighted by Gasteiger charge is -2.18. The fraction of sp³-hybridized carbons (Fsp3) is 0.300. The Morgan fingerprint density at radius 3 is 2.29 bits per heavy atom. The minimum atomic E-state index is -0.695. The quantitative estimate of drug-likeness (QED) is 0.167. The van der Waals surface area contributed by atoms with Crippen LogP contribution in [0.3, 0.4) is 0 Å². The number of carbonyl (C=O) groups excluding carboxylic acids is 2. The molecule has 0 aliphatic rings. The number of ether oxygens (including phenoxy) is 2. The van der Waals surface area contributed by atoms with Gasteiger partial charge in [-0.3, -0.25) is 14.0 Å². The summed E-state index contributed by atoms with van der Waals surface area (Å²) < 4.78 is 40.8. The van der Waals surface area contributed by atoms with Crippen LogP contribution in [-0.2, 0) is 22.7 Å². The van der Waals surface area contributed by atoms with E-state index >= 15 is 0 Å². The molecule has 0 aliphatic heterocycles. The minimum absolute atomic E-state index is 0.0729. The minimum Gasteiger partial charge on any atom is -0.485 e. The zero-order valence-electron chi connectivity index (χ0n) is 21.6. The van der Waals surface area contributed by atoms with E-state index in [-0.39, 0.29) is 55.2 Å². The van der Waals surface area contributed by atoms with Crippen LogP contribution < -0.4 is 4.74 Å².